The molecule has 0 radical (unpaired) electrons. The van der Waals surface area contributed by atoms with Gasteiger partial charge in [-0.25, -0.2) is 9.59 Å². The third-order valence-corrected chi connectivity index (χ3v) is 6.21. The highest BCUT2D eigenvalue weighted by Crippen LogP contribution is 2.25. The summed E-state index contributed by atoms with van der Waals surface area (Å²) in [5.41, 5.74) is 0.575. The molecule has 1 fully saturated rings. The molecule has 1 heterocycles. The summed E-state index contributed by atoms with van der Waals surface area (Å²) in [5.74, 6) is -1.78. The van der Waals surface area contributed by atoms with Crippen LogP contribution in [0, 0.1) is 0 Å². The molecule has 1 aliphatic rings. The molecule has 39 heavy (non-hydrogen) atoms. The van der Waals surface area contributed by atoms with Gasteiger partial charge in [-0.1, -0.05) is 42.5 Å². The van der Waals surface area contributed by atoms with Gasteiger partial charge in [0.1, 0.15) is 36.6 Å². The minimum absolute atomic E-state index is 0.0115. The highest BCUT2D eigenvalue weighted by Gasteiger charge is 2.42. The number of esters is 1. The molecule has 0 bridgehead atoms. The number of amides is 2. The molecule has 2 atom stereocenters. The van der Waals surface area contributed by atoms with Crippen LogP contribution in [0.4, 0.5) is 4.79 Å². The van der Waals surface area contributed by atoms with Gasteiger partial charge in [0.15, 0.2) is 0 Å². The van der Waals surface area contributed by atoms with Crippen molar-refractivity contribution in [2.75, 3.05) is 20.2 Å². The Morgan fingerprint density at radius 1 is 1.03 bits per heavy atom. The molecular weight excluding hydrogens is 504 g/mol. The van der Waals surface area contributed by atoms with Crippen molar-refractivity contribution in [1.29, 1.82) is 0 Å². The fraction of sp³-hybridized carbons (Fsp3) is 0.448. The zero-order valence-corrected chi connectivity index (χ0v) is 22.8. The SMILES string of the molecule is COc1ccc(CC(C(=O)N2CCCC2C(=O)OCc2ccccc2)N(CC(=O)O)C(=O)OC(C)(C)C)cc1. The zero-order valence-electron chi connectivity index (χ0n) is 22.8. The second-order valence-corrected chi connectivity index (χ2v) is 10.4. The first-order chi connectivity index (χ1) is 18.5. The number of carboxylic acids is 1. The Balaban J connectivity index is 1.89. The maximum Gasteiger partial charge on any atom is 0.411 e. The molecule has 210 valence electrons. The van der Waals surface area contributed by atoms with Crippen molar-refractivity contribution < 1.29 is 38.5 Å². The number of benzene rings is 2. The van der Waals surface area contributed by atoms with Crippen LogP contribution >= 0.6 is 0 Å². The van der Waals surface area contributed by atoms with Crippen LogP contribution in [0.25, 0.3) is 0 Å². The highest BCUT2D eigenvalue weighted by atomic mass is 16.6. The van der Waals surface area contributed by atoms with Gasteiger partial charge in [-0.3, -0.25) is 14.5 Å². The first-order valence-corrected chi connectivity index (χ1v) is 12.8. The fourth-order valence-corrected chi connectivity index (χ4v) is 4.38. The fourth-order valence-electron chi connectivity index (χ4n) is 4.38. The van der Waals surface area contributed by atoms with Crippen LogP contribution in [-0.2, 0) is 36.9 Å². The smallest absolute Gasteiger partial charge is 0.411 e. The number of carboxylic acid groups (broad SMARTS) is 1. The van der Waals surface area contributed by atoms with E-state index in [-0.39, 0.29) is 19.6 Å². The number of hydrogen-bond donors (Lipinski definition) is 1. The Bertz CT molecular complexity index is 1140. The van der Waals surface area contributed by atoms with E-state index in [2.05, 4.69) is 0 Å². The maximum atomic E-state index is 14.0. The van der Waals surface area contributed by atoms with Gasteiger partial charge < -0.3 is 24.2 Å². The van der Waals surface area contributed by atoms with Crippen molar-refractivity contribution in [3.05, 3.63) is 65.7 Å². The number of methoxy groups -OCH3 is 1. The zero-order chi connectivity index (χ0) is 28.6. The molecule has 2 unspecified atom stereocenters. The third-order valence-electron chi connectivity index (χ3n) is 6.21. The van der Waals surface area contributed by atoms with Crippen LogP contribution in [0.3, 0.4) is 0 Å². The number of rotatable bonds is 10. The summed E-state index contributed by atoms with van der Waals surface area (Å²) in [6.07, 6.45) is 0.0499. The summed E-state index contributed by atoms with van der Waals surface area (Å²) < 4.78 is 16.2. The molecule has 0 aliphatic carbocycles. The van der Waals surface area contributed by atoms with Gasteiger partial charge in [0, 0.05) is 13.0 Å². The number of nitrogens with zero attached hydrogens (tertiary/aromatic N) is 2. The Hall–Kier alpha value is -4.08. The molecule has 10 nitrogen and oxygen atoms in total. The topological polar surface area (TPSA) is 123 Å². The first kappa shape index (κ1) is 29.5. The van der Waals surface area contributed by atoms with Crippen LogP contribution in [-0.4, -0.2) is 76.7 Å². The Morgan fingerprint density at radius 2 is 1.69 bits per heavy atom. The lowest BCUT2D eigenvalue weighted by Crippen LogP contribution is -2.56. The predicted molar refractivity (Wildman–Crippen MR) is 142 cm³/mol. The van der Waals surface area contributed by atoms with Gasteiger partial charge in [-0.05, 0) is 56.9 Å². The van der Waals surface area contributed by atoms with E-state index in [9.17, 15) is 24.3 Å². The normalized spacial score (nSPS) is 15.8. The number of likely N-dealkylation sites (tertiary alicyclic amines) is 1. The average molecular weight is 541 g/mol. The van der Waals surface area contributed by atoms with Gasteiger partial charge in [0.05, 0.1) is 7.11 Å². The van der Waals surface area contributed by atoms with Crippen molar-refractivity contribution in [3.8, 4) is 5.75 Å². The molecule has 0 spiro atoms. The molecule has 2 amide bonds. The molecule has 10 heteroatoms. The molecule has 3 rings (SSSR count). The van der Waals surface area contributed by atoms with E-state index in [1.807, 2.05) is 30.3 Å². The summed E-state index contributed by atoms with van der Waals surface area (Å²) in [6, 6.07) is 14.0. The summed E-state index contributed by atoms with van der Waals surface area (Å²) >= 11 is 0. The molecule has 0 saturated carbocycles. The van der Waals surface area contributed by atoms with Crippen molar-refractivity contribution in [2.24, 2.45) is 0 Å². The van der Waals surface area contributed by atoms with Gasteiger partial charge in [0.2, 0.25) is 5.91 Å². The van der Waals surface area contributed by atoms with Crippen molar-refractivity contribution in [3.63, 3.8) is 0 Å². The molecule has 2 aromatic carbocycles. The van der Waals surface area contributed by atoms with Crippen LogP contribution in [0.1, 0.15) is 44.7 Å². The molecule has 2 aromatic rings. The van der Waals surface area contributed by atoms with E-state index in [4.69, 9.17) is 14.2 Å². The molecular formula is C29H36N2O8. The monoisotopic (exact) mass is 540 g/mol. The molecule has 1 N–H and O–H groups in total. The number of hydrogen-bond acceptors (Lipinski definition) is 7. The number of ether oxygens (including phenoxy) is 3. The second-order valence-electron chi connectivity index (χ2n) is 10.4. The maximum absolute atomic E-state index is 14.0. The van der Waals surface area contributed by atoms with Crippen molar-refractivity contribution in [1.82, 2.24) is 9.80 Å². The van der Waals surface area contributed by atoms with Gasteiger partial charge in [0.25, 0.3) is 0 Å². The van der Waals surface area contributed by atoms with Crippen LogP contribution in [0.2, 0.25) is 0 Å². The second kappa shape index (κ2) is 13.1. The third kappa shape index (κ3) is 8.46. The summed E-state index contributed by atoms with van der Waals surface area (Å²) in [6.45, 7) is 4.56. The summed E-state index contributed by atoms with van der Waals surface area (Å²) in [4.78, 5) is 54.3. The molecule has 1 saturated heterocycles. The first-order valence-electron chi connectivity index (χ1n) is 12.8. The molecule has 1 aliphatic heterocycles. The van der Waals surface area contributed by atoms with Gasteiger partial charge in [-0.15, -0.1) is 0 Å². The minimum Gasteiger partial charge on any atom is -0.497 e. The van der Waals surface area contributed by atoms with E-state index in [1.165, 1.54) is 12.0 Å². The standard InChI is InChI=1S/C29H36N2O8/c1-29(2,3)39-28(36)31(18-25(32)33)24(17-20-12-14-22(37-4)15-13-20)26(34)30-16-8-11-23(30)27(35)38-19-21-9-6-5-7-10-21/h5-7,9-10,12-15,23-24H,8,11,16-19H2,1-4H3,(H,32,33). The average Bonchev–Trinajstić information content (AvgIpc) is 3.39. The molecule has 0 aromatic heterocycles. The van der Waals surface area contributed by atoms with Crippen molar-refractivity contribution >= 4 is 23.9 Å². The van der Waals surface area contributed by atoms with Crippen molar-refractivity contribution in [2.45, 2.75) is 64.3 Å². The van der Waals surface area contributed by atoms with Crippen LogP contribution in [0.5, 0.6) is 5.75 Å². The van der Waals surface area contributed by atoms with E-state index in [0.717, 1.165) is 10.5 Å². The van der Waals surface area contributed by atoms with Crippen LogP contribution in [0.15, 0.2) is 54.6 Å². The van der Waals surface area contributed by atoms with E-state index in [1.54, 1.807) is 45.0 Å². The lowest BCUT2D eigenvalue weighted by molar-refractivity contribution is -0.156. The van der Waals surface area contributed by atoms with Crippen LogP contribution < -0.4 is 4.74 Å². The van der Waals surface area contributed by atoms with E-state index in [0.29, 0.717) is 24.2 Å². The predicted octanol–water partition coefficient (Wildman–Crippen LogP) is 3.66. The van der Waals surface area contributed by atoms with E-state index < -0.39 is 48.2 Å². The van der Waals surface area contributed by atoms with Gasteiger partial charge >= 0.3 is 18.0 Å². The largest absolute Gasteiger partial charge is 0.497 e. The Labute approximate surface area is 228 Å². The minimum atomic E-state index is -1.30. The highest BCUT2D eigenvalue weighted by molar-refractivity contribution is 5.91. The summed E-state index contributed by atoms with van der Waals surface area (Å²) in [7, 11) is 1.53. The lowest BCUT2D eigenvalue weighted by atomic mass is 10.0. The number of aliphatic carboxylic acids is 1. The lowest BCUT2D eigenvalue weighted by Gasteiger charge is -2.35. The number of carbonyl (C=O) groups is 4. The Kier molecular flexibility index (Phi) is 9.92. The van der Waals surface area contributed by atoms with E-state index >= 15 is 0 Å². The summed E-state index contributed by atoms with van der Waals surface area (Å²) in [5, 5.41) is 9.61. The quantitative estimate of drug-likeness (QED) is 0.453. The number of carbonyl (C=O) groups excluding carboxylic acids is 3. The Morgan fingerprint density at radius 3 is 2.28 bits per heavy atom. The van der Waals surface area contributed by atoms with Gasteiger partial charge in [-0.2, -0.15) is 0 Å².